The first-order valence-electron chi connectivity index (χ1n) is 12.8. The van der Waals surface area contributed by atoms with E-state index in [9.17, 15) is 14.7 Å². The molecule has 3 N–H and O–H groups in total. The molecule has 0 radical (unpaired) electrons. The lowest BCUT2D eigenvalue weighted by atomic mass is 10.0. The fourth-order valence-electron chi connectivity index (χ4n) is 3.66. The van der Waals surface area contributed by atoms with Gasteiger partial charge in [0.2, 0.25) is 5.91 Å². The largest absolute Gasteiger partial charge is 0.506 e. The molecule has 1 aromatic carbocycles. The van der Waals surface area contributed by atoms with Gasteiger partial charge in [-0.15, -0.1) is 0 Å². The summed E-state index contributed by atoms with van der Waals surface area (Å²) in [5, 5.41) is 15.4. The van der Waals surface area contributed by atoms with E-state index in [1.165, 1.54) is 76.7 Å². The Kier molecular flexibility index (Phi) is 14.3. The summed E-state index contributed by atoms with van der Waals surface area (Å²) in [6.45, 7) is 7.55. The van der Waals surface area contributed by atoms with E-state index in [0.29, 0.717) is 12.1 Å². The number of hydrogen-bond acceptors (Lipinski definition) is 4. The van der Waals surface area contributed by atoms with Crippen LogP contribution in [-0.4, -0.2) is 22.7 Å². The number of nitrogens with one attached hydrogen (secondary N) is 2. The lowest BCUT2D eigenvalue weighted by Gasteiger charge is -2.20. The molecule has 2 amide bonds. The molecule has 0 heterocycles. The Labute approximate surface area is 200 Å². The van der Waals surface area contributed by atoms with Crippen LogP contribution < -0.4 is 10.6 Å². The quantitative estimate of drug-likeness (QED) is 0.171. The van der Waals surface area contributed by atoms with Crippen LogP contribution in [0.3, 0.4) is 0 Å². The van der Waals surface area contributed by atoms with E-state index < -0.39 is 11.7 Å². The van der Waals surface area contributed by atoms with Gasteiger partial charge in [0, 0.05) is 18.2 Å². The number of phenolic OH excluding ortho intramolecular Hbond substituents is 1. The molecule has 188 valence electrons. The lowest BCUT2D eigenvalue weighted by molar-refractivity contribution is -0.116. The van der Waals surface area contributed by atoms with Gasteiger partial charge >= 0.3 is 6.09 Å². The minimum atomic E-state index is -0.642. The Morgan fingerprint density at radius 3 is 1.82 bits per heavy atom. The van der Waals surface area contributed by atoms with E-state index in [0.717, 1.165) is 12.8 Å². The highest BCUT2D eigenvalue weighted by atomic mass is 16.6. The van der Waals surface area contributed by atoms with Crippen molar-refractivity contribution in [2.45, 2.75) is 123 Å². The lowest BCUT2D eigenvalue weighted by Crippen LogP contribution is -2.27. The number of phenols is 1. The molecular weight excluding hydrogens is 416 g/mol. The fraction of sp³-hybridized carbons (Fsp3) is 0.704. The number of benzene rings is 1. The van der Waals surface area contributed by atoms with Crippen molar-refractivity contribution in [1.82, 2.24) is 0 Å². The van der Waals surface area contributed by atoms with Gasteiger partial charge in [0.25, 0.3) is 0 Å². The van der Waals surface area contributed by atoms with Crippen LogP contribution in [0.1, 0.15) is 118 Å². The number of rotatable bonds is 16. The van der Waals surface area contributed by atoms with Crippen molar-refractivity contribution >= 4 is 23.4 Å². The normalized spacial score (nSPS) is 11.3. The van der Waals surface area contributed by atoms with Gasteiger partial charge in [0.05, 0.1) is 5.69 Å². The van der Waals surface area contributed by atoms with Crippen LogP contribution in [-0.2, 0) is 9.53 Å². The Morgan fingerprint density at radius 2 is 1.33 bits per heavy atom. The molecule has 0 saturated heterocycles. The number of carbonyl (C=O) groups excluding carboxylic acids is 2. The number of aromatic hydroxyl groups is 1. The summed E-state index contributed by atoms with van der Waals surface area (Å²) in [6, 6.07) is 4.61. The maximum Gasteiger partial charge on any atom is 0.412 e. The van der Waals surface area contributed by atoms with Crippen molar-refractivity contribution in [1.29, 1.82) is 0 Å². The third kappa shape index (κ3) is 15.3. The summed E-state index contributed by atoms with van der Waals surface area (Å²) in [5.74, 6) is -0.190. The SMILES string of the molecule is CCCCCCCCCCCCCCCC(=O)Nc1ccc(NC(=O)OC(C)(C)C)c(O)c1. The van der Waals surface area contributed by atoms with Crippen LogP contribution in [0.15, 0.2) is 18.2 Å². The molecule has 0 fully saturated rings. The number of ether oxygens (including phenoxy) is 1. The molecule has 33 heavy (non-hydrogen) atoms. The maximum absolute atomic E-state index is 12.2. The average molecular weight is 463 g/mol. The van der Waals surface area contributed by atoms with Crippen LogP contribution in [0.4, 0.5) is 16.2 Å². The van der Waals surface area contributed by atoms with Crippen molar-refractivity contribution in [2.75, 3.05) is 10.6 Å². The monoisotopic (exact) mass is 462 g/mol. The Hall–Kier alpha value is -2.24. The van der Waals surface area contributed by atoms with Gasteiger partial charge in [0.1, 0.15) is 11.4 Å². The molecular formula is C27H46N2O4. The molecule has 0 atom stereocenters. The highest BCUT2D eigenvalue weighted by Gasteiger charge is 2.17. The Morgan fingerprint density at radius 1 is 0.818 bits per heavy atom. The molecule has 1 aromatic rings. The second-order valence-electron chi connectivity index (χ2n) is 9.90. The van der Waals surface area contributed by atoms with Gasteiger partial charge < -0.3 is 15.2 Å². The Bertz CT molecular complexity index is 698. The number of carbonyl (C=O) groups is 2. The molecule has 0 saturated carbocycles. The van der Waals surface area contributed by atoms with E-state index >= 15 is 0 Å². The second-order valence-corrected chi connectivity index (χ2v) is 9.90. The zero-order chi connectivity index (χ0) is 24.5. The predicted octanol–water partition coefficient (Wildman–Crippen LogP) is 8.16. The van der Waals surface area contributed by atoms with Crippen molar-refractivity contribution in [3.8, 4) is 5.75 Å². The molecule has 6 heteroatoms. The molecule has 6 nitrogen and oxygen atoms in total. The average Bonchev–Trinajstić information content (AvgIpc) is 2.72. The molecule has 0 aromatic heterocycles. The van der Waals surface area contributed by atoms with E-state index in [4.69, 9.17) is 4.74 Å². The standard InChI is InChI=1S/C27H46N2O4/c1-5-6-7-8-9-10-11-12-13-14-15-16-17-18-25(31)28-22-19-20-23(24(30)21-22)29-26(32)33-27(2,3)4/h19-21,30H,5-18H2,1-4H3,(H,28,31)(H,29,32). The topological polar surface area (TPSA) is 87.7 Å². The molecule has 0 aliphatic rings. The van der Waals surface area contributed by atoms with Gasteiger partial charge in [0.15, 0.2) is 0 Å². The van der Waals surface area contributed by atoms with E-state index in [2.05, 4.69) is 17.6 Å². The minimum Gasteiger partial charge on any atom is -0.506 e. The summed E-state index contributed by atoms with van der Waals surface area (Å²) in [4.78, 5) is 24.0. The van der Waals surface area contributed by atoms with Crippen LogP contribution in [0.5, 0.6) is 5.75 Å². The summed E-state index contributed by atoms with van der Waals surface area (Å²) < 4.78 is 5.17. The number of anilines is 2. The summed E-state index contributed by atoms with van der Waals surface area (Å²) in [7, 11) is 0. The van der Waals surface area contributed by atoms with Crippen LogP contribution in [0.2, 0.25) is 0 Å². The summed E-state index contributed by atoms with van der Waals surface area (Å²) >= 11 is 0. The molecule has 0 aliphatic heterocycles. The van der Waals surface area contributed by atoms with Crippen molar-refractivity contribution < 1.29 is 19.4 Å². The van der Waals surface area contributed by atoms with Crippen molar-refractivity contribution in [2.24, 2.45) is 0 Å². The smallest absolute Gasteiger partial charge is 0.412 e. The van der Waals surface area contributed by atoms with Crippen molar-refractivity contribution in [3.63, 3.8) is 0 Å². The number of hydrogen-bond donors (Lipinski definition) is 3. The van der Waals surface area contributed by atoms with E-state index in [-0.39, 0.29) is 17.3 Å². The highest BCUT2D eigenvalue weighted by molar-refractivity contribution is 5.92. The zero-order valence-corrected chi connectivity index (χ0v) is 21.3. The van der Waals surface area contributed by atoms with Gasteiger partial charge in [-0.25, -0.2) is 4.79 Å². The Balaban J connectivity index is 2.13. The first-order chi connectivity index (χ1) is 15.7. The zero-order valence-electron chi connectivity index (χ0n) is 21.3. The molecule has 0 spiro atoms. The van der Waals surface area contributed by atoms with E-state index in [1.54, 1.807) is 32.9 Å². The molecule has 0 aliphatic carbocycles. The van der Waals surface area contributed by atoms with Gasteiger partial charge in [-0.1, -0.05) is 84.0 Å². The predicted molar refractivity (Wildman–Crippen MR) is 137 cm³/mol. The number of unbranched alkanes of at least 4 members (excludes halogenated alkanes) is 12. The minimum absolute atomic E-state index is 0.0645. The van der Waals surface area contributed by atoms with Crippen LogP contribution >= 0.6 is 0 Å². The van der Waals surface area contributed by atoms with Gasteiger partial charge in [-0.2, -0.15) is 0 Å². The van der Waals surface area contributed by atoms with E-state index in [1.807, 2.05) is 0 Å². The second kappa shape index (κ2) is 16.4. The molecule has 0 bridgehead atoms. The maximum atomic E-state index is 12.2. The van der Waals surface area contributed by atoms with Gasteiger partial charge in [-0.3, -0.25) is 10.1 Å². The molecule has 0 unspecified atom stereocenters. The van der Waals surface area contributed by atoms with Crippen LogP contribution in [0, 0.1) is 0 Å². The summed E-state index contributed by atoms with van der Waals surface area (Å²) in [5.41, 5.74) is 0.113. The highest BCUT2D eigenvalue weighted by Crippen LogP contribution is 2.27. The van der Waals surface area contributed by atoms with Crippen LogP contribution in [0.25, 0.3) is 0 Å². The third-order valence-electron chi connectivity index (χ3n) is 5.42. The molecule has 1 rings (SSSR count). The first-order valence-corrected chi connectivity index (χ1v) is 12.8. The number of amides is 2. The summed E-state index contributed by atoms with van der Waals surface area (Å²) in [6.07, 6.45) is 16.4. The third-order valence-corrected chi connectivity index (χ3v) is 5.42. The van der Waals surface area contributed by atoms with Crippen molar-refractivity contribution in [3.05, 3.63) is 18.2 Å². The van der Waals surface area contributed by atoms with Gasteiger partial charge in [-0.05, 0) is 39.3 Å². The fourth-order valence-corrected chi connectivity index (χ4v) is 3.66. The first kappa shape index (κ1) is 28.8.